The van der Waals surface area contributed by atoms with Gasteiger partial charge in [-0.05, 0) is 42.0 Å². The molecule has 0 spiro atoms. The molecular weight excluding hydrogens is 370 g/mol. The lowest BCUT2D eigenvalue weighted by Gasteiger charge is -2.14. The summed E-state index contributed by atoms with van der Waals surface area (Å²) in [6.45, 7) is 0.642. The van der Waals surface area contributed by atoms with Crippen LogP contribution in [0.25, 0.3) is 33.3 Å². The van der Waals surface area contributed by atoms with Gasteiger partial charge in [-0.15, -0.1) is 0 Å². The van der Waals surface area contributed by atoms with Gasteiger partial charge in [0.15, 0.2) is 0 Å². The fourth-order valence-corrected chi connectivity index (χ4v) is 3.48. The molecule has 0 aliphatic carbocycles. The van der Waals surface area contributed by atoms with Crippen molar-refractivity contribution in [3.05, 3.63) is 83.8 Å². The summed E-state index contributed by atoms with van der Waals surface area (Å²) in [6, 6.07) is 17.7. The van der Waals surface area contributed by atoms with Gasteiger partial charge in [0.25, 0.3) is 0 Å². The molecule has 5 nitrogen and oxygen atoms in total. The van der Waals surface area contributed by atoms with Gasteiger partial charge in [0, 0.05) is 35.5 Å². The SMILES string of the molecule is Clc1ccc2c(NCc3cccnc3)c(-c3nc4ccccc4[nH]3)cnc2c1. The number of benzene rings is 2. The van der Waals surface area contributed by atoms with E-state index in [9.17, 15) is 0 Å². The van der Waals surface area contributed by atoms with Gasteiger partial charge in [0.05, 0.1) is 27.8 Å². The molecule has 5 rings (SSSR count). The molecule has 0 aliphatic rings. The van der Waals surface area contributed by atoms with Crippen molar-refractivity contribution >= 4 is 39.2 Å². The van der Waals surface area contributed by atoms with Crippen molar-refractivity contribution in [2.75, 3.05) is 5.32 Å². The van der Waals surface area contributed by atoms with Crippen LogP contribution in [0.1, 0.15) is 5.56 Å². The predicted octanol–water partition coefficient (Wildman–Crippen LogP) is 5.44. The van der Waals surface area contributed by atoms with Gasteiger partial charge < -0.3 is 10.3 Å². The predicted molar refractivity (Wildman–Crippen MR) is 113 cm³/mol. The summed E-state index contributed by atoms with van der Waals surface area (Å²) in [5.74, 6) is 0.777. The molecule has 6 heteroatoms. The van der Waals surface area contributed by atoms with Gasteiger partial charge >= 0.3 is 0 Å². The molecule has 2 N–H and O–H groups in total. The third kappa shape index (κ3) is 3.06. The topological polar surface area (TPSA) is 66.5 Å². The van der Waals surface area contributed by atoms with E-state index in [4.69, 9.17) is 16.6 Å². The standard InChI is InChI=1S/C22H16ClN5/c23-15-7-8-16-20(10-15)25-13-17(21(16)26-12-14-4-3-9-24-11-14)22-27-18-5-1-2-6-19(18)28-22/h1-11,13H,12H2,(H,25,26)(H,27,28). The molecule has 3 heterocycles. The zero-order chi connectivity index (χ0) is 18.9. The molecule has 0 aliphatic heterocycles. The van der Waals surface area contributed by atoms with E-state index >= 15 is 0 Å². The van der Waals surface area contributed by atoms with Crippen molar-refractivity contribution in [2.24, 2.45) is 0 Å². The normalized spacial score (nSPS) is 11.2. The van der Waals surface area contributed by atoms with E-state index in [-0.39, 0.29) is 0 Å². The number of aromatic nitrogens is 4. The van der Waals surface area contributed by atoms with Gasteiger partial charge in [-0.25, -0.2) is 4.98 Å². The van der Waals surface area contributed by atoms with Crippen LogP contribution in [-0.4, -0.2) is 19.9 Å². The summed E-state index contributed by atoms with van der Waals surface area (Å²) in [5, 5.41) is 5.21. The largest absolute Gasteiger partial charge is 0.380 e. The highest BCUT2D eigenvalue weighted by molar-refractivity contribution is 6.31. The number of hydrogen-bond donors (Lipinski definition) is 2. The average Bonchev–Trinajstić information content (AvgIpc) is 3.16. The van der Waals surface area contributed by atoms with Crippen molar-refractivity contribution in [1.82, 2.24) is 19.9 Å². The summed E-state index contributed by atoms with van der Waals surface area (Å²) < 4.78 is 0. The molecule has 0 bridgehead atoms. The minimum absolute atomic E-state index is 0.642. The Balaban J connectivity index is 1.65. The van der Waals surface area contributed by atoms with Crippen LogP contribution in [0.4, 0.5) is 5.69 Å². The first-order chi connectivity index (χ1) is 13.8. The van der Waals surface area contributed by atoms with Gasteiger partial charge in [-0.3, -0.25) is 9.97 Å². The molecule has 0 saturated heterocycles. The maximum Gasteiger partial charge on any atom is 0.142 e. The fraction of sp³-hybridized carbons (Fsp3) is 0.0455. The number of anilines is 1. The quantitative estimate of drug-likeness (QED) is 0.432. The van der Waals surface area contributed by atoms with Gasteiger partial charge in [0.1, 0.15) is 5.82 Å². The fourth-order valence-electron chi connectivity index (χ4n) is 3.31. The molecule has 2 aromatic carbocycles. The summed E-state index contributed by atoms with van der Waals surface area (Å²) in [4.78, 5) is 16.9. The molecule has 5 aromatic rings. The van der Waals surface area contributed by atoms with E-state index in [2.05, 4.69) is 20.3 Å². The molecule has 0 unspecified atom stereocenters. The summed E-state index contributed by atoms with van der Waals surface area (Å²) in [7, 11) is 0. The number of pyridine rings is 2. The Bertz CT molecular complexity index is 1250. The van der Waals surface area contributed by atoms with Gasteiger partial charge in [0.2, 0.25) is 0 Å². The van der Waals surface area contributed by atoms with Crippen LogP contribution in [0.2, 0.25) is 5.02 Å². The maximum atomic E-state index is 6.17. The number of halogens is 1. The van der Waals surface area contributed by atoms with E-state index in [1.54, 1.807) is 6.20 Å². The van der Waals surface area contributed by atoms with Crippen molar-refractivity contribution in [1.29, 1.82) is 0 Å². The molecule has 136 valence electrons. The summed E-state index contributed by atoms with van der Waals surface area (Å²) in [6.07, 6.45) is 5.46. The van der Waals surface area contributed by atoms with Crippen LogP contribution in [0.5, 0.6) is 0 Å². The molecular formula is C22H16ClN5. The second-order valence-electron chi connectivity index (χ2n) is 6.53. The number of imidazole rings is 1. The number of aromatic amines is 1. The lowest BCUT2D eigenvalue weighted by Crippen LogP contribution is -2.03. The van der Waals surface area contributed by atoms with Crippen molar-refractivity contribution in [2.45, 2.75) is 6.54 Å². The molecule has 0 amide bonds. The zero-order valence-electron chi connectivity index (χ0n) is 14.9. The van der Waals surface area contributed by atoms with E-state index in [0.717, 1.165) is 44.6 Å². The van der Waals surface area contributed by atoms with Gasteiger partial charge in [-0.2, -0.15) is 0 Å². The Labute approximate surface area is 166 Å². The first kappa shape index (κ1) is 16.7. The van der Waals surface area contributed by atoms with Crippen LogP contribution in [0.15, 0.2) is 73.2 Å². The van der Waals surface area contributed by atoms with Crippen LogP contribution in [-0.2, 0) is 6.54 Å². The van der Waals surface area contributed by atoms with Crippen molar-refractivity contribution in [3.63, 3.8) is 0 Å². The highest BCUT2D eigenvalue weighted by Crippen LogP contribution is 2.34. The molecule has 28 heavy (non-hydrogen) atoms. The third-order valence-corrected chi connectivity index (χ3v) is 4.90. The molecule has 0 fully saturated rings. The molecule has 0 saturated carbocycles. The highest BCUT2D eigenvalue weighted by Gasteiger charge is 2.14. The lowest BCUT2D eigenvalue weighted by molar-refractivity contribution is 1.11. The molecule has 0 radical (unpaired) electrons. The first-order valence-corrected chi connectivity index (χ1v) is 9.32. The zero-order valence-corrected chi connectivity index (χ0v) is 15.6. The summed E-state index contributed by atoms with van der Waals surface area (Å²) >= 11 is 6.17. The Hall–Kier alpha value is -3.44. The van der Waals surface area contributed by atoms with Crippen LogP contribution < -0.4 is 5.32 Å². The number of fused-ring (bicyclic) bond motifs is 2. The van der Waals surface area contributed by atoms with Crippen LogP contribution >= 0.6 is 11.6 Å². The maximum absolute atomic E-state index is 6.17. The Morgan fingerprint density at radius 3 is 2.75 bits per heavy atom. The minimum atomic E-state index is 0.642. The van der Waals surface area contributed by atoms with E-state index in [1.807, 2.05) is 67.0 Å². The Morgan fingerprint density at radius 2 is 1.89 bits per heavy atom. The van der Waals surface area contributed by atoms with E-state index < -0.39 is 0 Å². The number of H-pyrrole nitrogens is 1. The minimum Gasteiger partial charge on any atom is -0.380 e. The second kappa shape index (κ2) is 6.94. The smallest absolute Gasteiger partial charge is 0.142 e. The Morgan fingerprint density at radius 1 is 0.964 bits per heavy atom. The average molecular weight is 386 g/mol. The van der Waals surface area contributed by atoms with E-state index in [1.165, 1.54) is 0 Å². The number of hydrogen-bond acceptors (Lipinski definition) is 4. The number of para-hydroxylation sites is 2. The molecule has 0 atom stereocenters. The Kier molecular flexibility index (Phi) is 4.14. The number of nitrogens with one attached hydrogen (secondary N) is 2. The van der Waals surface area contributed by atoms with Crippen molar-refractivity contribution < 1.29 is 0 Å². The first-order valence-electron chi connectivity index (χ1n) is 8.94. The van der Waals surface area contributed by atoms with Crippen molar-refractivity contribution in [3.8, 4) is 11.4 Å². The highest BCUT2D eigenvalue weighted by atomic mass is 35.5. The number of rotatable bonds is 4. The second-order valence-corrected chi connectivity index (χ2v) is 6.96. The van der Waals surface area contributed by atoms with Crippen LogP contribution in [0.3, 0.4) is 0 Å². The number of nitrogens with zero attached hydrogens (tertiary/aromatic N) is 3. The molecule has 3 aromatic heterocycles. The van der Waals surface area contributed by atoms with Crippen LogP contribution in [0, 0.1) is 0 Å². The lowest BCUT2D eigenvalue weighted by atomic mass is 10.1. The van der Waals surface area contributed by atoms with E-state index in [0.29, 0.717) is 11.6 Å². The summed E-state index contributed by atoms with van der Waals surface area (Å²) in [5.41, 5.74) is 5.72. The third-order valence-electron chi connectivity index (χ3n) is 4.67. The van der Waals surface area contributed by atoms with Gasteiger partial charge in [-0.1, -0.05) is 29.8 Å². The monoisotopic (exact) mass is 385 g/mol.